The van der Waals surface area contributed by atoms with Gasteiger partial charge in [0.2, 0.25) is 0 Å². The minimum atomic E-state index is -0.821. The van der Waals surface area contributed by atoms with Crippen LogP contribution in [0.25, 0.3) is 6.08 Å². The van der Waals surface area contributed by atoms with Crippen molar-refractivity contribution in [3.63, 3.8) is 0 Å². The number of carbonyl (C=O) groups excluding carboxylic acids is 4. The molecule has 4 rings (SSSR count). The quantitative estimate of drug-likeness (QED) is 0.182. The van der Waals surface area contributed by atoms with Crippen LogP contribution >= 0.6 is 34.2 Å². The van der Waals surface area contributed by atoms with Crippen LogP contribution < -0.4 is 25.0 Å². The highest BCUT2D eigenvalue weighted by Gasteiger charge is 2.37. The van der Waals surface area contributed by atoms with Crippen molar-refractivity contribution in [2.75, 3.05) is 23.4 Å². The molecule has 206 valence electrons. The number of halogens is 2. The van der Waals surface area contributed by atoms with Crippen molar-refractivity contribution in [2.45, 2.75) is 20.8 Å². The van der Waals surface area contributed by atoms with Gasteiger partial charge in [0, 0.05) is 0 Å². The predicted octanol–water partition coefficient (Wildman–Crippen LogP) is 5.64. The van der Waals surface area contributed by atoms with Gasteiger partial charge in [-0.15, -0.1) is 0 Å². The lowest BCUT2D eigenvalue weighted by molar-refractivity contribution is -0.122. The maximum Gasteiger partial charge on any atom is 0.335 e. The van der Waals surface area contributed by atoms with Gasteiger partial charge in [-0.3, -0.25) is 19.7 Å². The molecule has 40 heavy (non-hydrogen) atoms. The molecular weight excluding hydrogens is 649 g/mol. The van der Waals surface area contributed by atoms with E-state index in [1.165, 1.54) is 6.08 Å². The Balaban J connectivity index is 1.59. The second-order valence-corrected chi connectivity index (χ2v) is 10.4. The zero-order chi connectivity index (χ0) is 29.0. The first-order valence-electron chi connectivity index (χ1n) is 12.2. The van der Waals surface area contributed by atoms with Gasteiger partial charge >= 0.3 is 6.03 Å². The monoisotopic (exact) mass is 673 g/mol. The van der Waals surface area contributed by atoms with Crippen LogP contribution in [0.15, 0.2) is 60.2 Å². The van der Waals surface area contributed by atoms with Gasteiger partial charge < -0.3 is 14.8 Å². The summed E-state index contributed by atoms with van der Waals surface area (Å²) in [5.41, 5.74) is 2.96. The third-order valence-corrected chi connectivity index (χ3v) is 7.12. The van der Waals surface area contributed by atoms with Crippen LogP contribution in [0.3, 0.4) is 0 Å². The summed E-state index contributed by atoms with van der Waals surface area (Å²) in [5, 5.41) is 5.32. The van der Waals surface area contributed by atoms with Crippen molar-refractivity contribution in [3.8, 4) is 11.5 Å². The fraction of sp³-hybridized carbons (Fsp3) is 0.172. The highest BCUT2D eigenvalue weighted by atomic mass is 127. The van der Waals surface area contributed by atoms with E-state index in [4.69, 9.17) is 21.1 Å². The summed E-state index contributed by atoms with van der Waals surface area (Å²) in [5.74, 6) is -1.33. The van der Waals surface area contributed by atoms with E-state index in [-0.39, 0.29) is 12.2 Å². The first kappa shape index (κ1) is 29.1. The zero-order valence-electron chi connectivity index (χ0n) is 21.8. The van der Waals surface area contributed by atoms with Crippen LogP contribution in [-0.2, 0) is 14.4 Å². The number of carbonyl (C=O) groups is 4. The number of aryl methyl sites for hydroxylation is 2. The molecule has 0 atom stereocenters. The molecule has 1 saturated heterocycles. The number of amides is 5. The molecule has 5 amide bonds. The Morgan fingerprint density at radius 3 is 2.50 bits per heavy atom. The third kappa shape index (κ3) is 6.45. The molecule has 1 aliphatic heterocycles. The molecule has 0 bridgehead atoms. The van der Waals surface area contributed by atoms with Gasteiger partial charge in [-0.1, -0.05) is 29.8 Å². The summed E-state index contributed by atoms with van der Waals surface area (Å²) < 4.78 is 12.1. The topological polar surface area (TPSA) is 114 Å². The molecule has 0 radical (unpaired) electrons. The summed E-state index contributed by atoms with van der Waals surface area (Å²) in [4.78, 5) is 52.0. The maximum absolute atomic E-state index is 13.3. The second-order valence-electron chi connectivity index (χ2n) is 8.81. The molecule has 0 unspecified atom stereocenters. The van der Waals surface area contributed by atoms with Crippen LogP contribution in [0.4, 0.5) is 16.2 Å². The Labute approximate surface area is 249 Å². The number of hydrogen-bond donors (Lipinski definition) is 2. The van der Waals surface area contributed by atoms with Gasteiger partial charge in [-0.05, 0) is 103 Å². The number of nitrogens with zero attached hydrogens (tertiary/aromatic N) is 1. The Morgan fingerprint density at radius 2 is 1.80 bits per heavy atom. The third-order valence-electron chi connectivity index (χ3n) is 5.99. The first-order valence-corrected chi connectivity index (χ1v) is 13.7. The number of urea groups is 1. The number of hydrogen-bond acceptors (Lipinski definition) is 6. The smallest absolute Gasteiger partial charge is 0.335 e. The van der Waals surface area contributed by atoms with Crippen molar-refractivity contribution in [1.29, 1.82) is 0 Å². The van der Waals surface area contributed by atoms with E-state index in [2.05, 4.69) is 10.6 Å². The number of rotatable bonds is 8. The lowest BCUT2D eigenvalue weighted by atomic mass is 10.0. The molecule has 0 saturated carbocycles. The Kier molecular flexibility index (Phi) is 9.10. The average molecular weight is 674 g/mol. The van der Waals surface area contributed by atoms with Crippen LogP contribution in [0.5, 0.6) is 11.5 Å². The number of benzene rings is 3. The molecule has 0 aromatic heterocycles. The van der Waals surface area contributed by atoms with Gasteiger partial charge in [0.15, 0.2) is 18.1 Å². The van der Waals surface area contributed by atoms with Crippen molar-refractivity contribution in [2.24, 2.45) is 0 Å². The van der Waals surface area contributed by atoms with E-state index >= 15 is 0 Å². The number of imide groups is 2. The molecular formula is C29H25ClIN3O6. The molecule has 9 nitrogen and oxygen atoms in total. The van der Waals surface area contributed by atoms with Gasteiger partial charge in [0.25, 0.3) is 17.7 Å². The molecule has 11 heteroatoms. The molecule has 3 aromatic rings. The number of ether oxygens (including phenoxy) is 2. The van der Waals surface area contributed by atoms with E-state index < -0.39 is 23.8 Å². The van der Waals surface area contributed by atoms with Crippen molar-refractivity contribution >= 4 is 75.4 Å². The Morgan fingerprint density at radius 1 is 1.05 bits per heavy atom. The van der Waals surface area contributed by atoms with Crippen LogP contribution in [0.1, 0.15) is 23.6 Å². The van der Waals surface area contributed by atoms with Crippen LogP contribution in [-0.4, -0.2) is 37.0 Å². The maximum atomic E-state index is 13.3. The lowest BCUT2D eigenvalue weighted by Gasteiger charge is -2.27. The van der Waals surface area contributed by atoms with E-state index in [9.17, 15) is 19.2 Å². The van der Waals surface area contributed by atoms with Crippen LogP contribution in [0, 0.1) is 17.4 Å². The molecule has 0 spiro atoms. The SMILES string of the molecule is CCOc1cc(/C=C2/C(=O)NC(=O)N(c3ccc(C)c(C)c3)C2=O)cc(I)c1OCC(=O)Nc1ccccc1Cl. The van der Waals surface area contributed by atoms with Gasteiger partial charge in [-0.25, -0.2) is 9.69 Å². The summed E-state index contributed by atoms with van der Waals surface area (Å²) in [6, 6.07) is 14.5. The number of para-hydroxylation sites is 1. The van der Waals surface area contributed by atoms with Crippen molar-refractivity contribution < 1.29 is 28.7 Å². The Bertz CT molecular complexity index is 1550. The highest BCUT2D eigenvalue weighted by Crippen LogP contribution is 2.35. The first-order chi connectivity index (χ1) is 19.1. The normalized spacial score (nSPS) is 14.3. The zero-order valence-corrected chi connectivity index (χ0v) is 24.8. The standard InChI is InChI=1S/C29H25ClIN3O6/c1-4-39-24-14-18(13-22(31)26(24)40-15-25(35)32-23-8-6-5-7-21(23)30)12-20-27(36)33-29(38)34(28(20)37)19-10-9-16(2)17(3)11-19/h5-14H,4,15H2,1-3H3,(H,32,35)(H,33,36,38)/b20-12-. The summed E-state index contributed by atoms with van der Waals surface area (Å²) in [7, 11) is 0. The van der Waals surface area contributed by atoms with Gasteiger partial charge in [0.05, 0.1) is 26.6 Å². The summed E-state index contributed by atoms with van der Waals surface area (Å²) in [6.07, 6.45) is 1.39. The minimum absolute atomic E-state index is 0.219. The summed E-state index contributed by atoms with van der Waals surface area (Å²) in [6.45, 7) is 5.57. The lowest BCUT2D eigenvalue weighted by Crippen LogP contribution is -2.54. The van der Waals surface area contributed by atoms with Crippen LogP contribution in [0.2, 0.25) is 5.02 Å². The fourth-order valence-electron chi connectivity index (χ4n) is 3.88. The fourth-order valence-corrected chi connectivity index (χ4v) is 4.85. The molecule has 1 aliphatic rings. The second kappa shape index (κ2) is 12.5. The molecule has 1 fully saturated rings. The Hall–Kier alpha value is -3.90. The van der Waals surface area contributed by atoms with Gasteiger partial charge in [-0.2, -0.15) is 0 Å². The molecule has 1 heterocycles. The molecule has 2 N–H and O–H groups in total. The number of barbiturate groups is 1. The largest absolute Gasteiger partial charge is 0.490 e. The van der Waals surface area contributed by atoms with Gasteiger partial charge in [0.1, 0.15) is 5.57 Å². The van der Waals surface area contributed by atoms with E-state index in [1.807, 2.05) is 36.4 Å². The number of anilines is 2. The molecule has 0 aliphatic carbocycles. The van der Waals surface area contributed by atoms with E-state index in [1.54, 1.807) is 61.5 Å². The van der Waals surface area contributed by atoms with Crippen molar-refractivity contribution in [1.82, 2.24) is 5.32 Å². The average Bonchev–Trinajstić information content (AvgIpc) is 2.89. The minimum Gasteiger partial charge on any atom is -0.490 e. The van der Waals surface area contributed by atoms with E-state index in [0.717, 1.165) is 16.0 Å². The predicted molar refractivity (Wildman–Crippen MR) is 161 cm³/mol. The molecule has 3 aromatic carbocycles. The summed E-state index contributed by atoms with van der Waals surface area (Å²) >= 11 is 8.12. The van der Waals surface area contributed by atoms with E-state index in [0.29, 0.717) is 43.6 Å². The number of nitrogens with one attached hydrogen (secondary N) is 2. The highest BCUT2D eigenvalue weighted by molar-refractivity contribution is 14.1. The van der Waals surface area contributed by atoms with Crippen molar-refractivity contribution in [3.05, 3.63) is 85.5 Å².